The molecule has 1 aromatic heterocycles. The minimum absolute atomic E-state index is 0.111. The van der Waals surface area contributed by atoms with E-state index in [-0.39, 0.29) is 5.91 Å². The lowest BCUT2D eigenvalue weighted by Crippen LogP contribution is -2.41. The second-order valence-electron chi connectivity index (χ2n) is 6.51. The fraction of sp³-hybridized carbons (Fsp3) is 0.474. The van der Waals surface area contributed by atoms with Crippen LogP contribution in [0.3, 0.4) is 0 Å². The van der Waals surface area contributed by atoms with Gasteiger partial charge in [0.1, 0.15) is 0 Å². The summed E-state index contributed by atoms with van der Waals surface area (Å²) in [5.74, 6) is 0.706. The molecule has 0 radical (unpaired) electrons. The largest absolute Gasteiger partial charge is 0.353 e. The van der Waals surface area contributed by atoms with Crippen molar-refractivity contribution in [2.24, 2.45) is 5.92 Å². The smallest absolute Gasteiger partial charge is 0.226 e. The fourth-order valence-corrected chi connectivity index (χ4v) is 4.06. The number of aromatic nitrogens is 1. The molecular formula is C19H24N2OS. The van der Waals surface area contributed by atoms with Crippen molar-refractivity contribution in [2.45, 2.75) is 51.5 Å². The third kappa shape index (κ3) is 4.64. The first kappa shape index (κ1) is 16.2. The van der Waals surface area contributed by atoms with Gasteiger partial charge in [-0.1, -0.05) is 50.1 Å². The van der Waals surface area contributed by atoms with Crippen LogP contribution in [-0.4, -0.2) is 16.9 Å². The lowest BCUT2D eigenvalue weighted by atomic mass is 9.86. The van der Waals surface area contributed by atoms with Crippen molar-refractivity contribution < 1.29 is 4.79 Å². The molecule has 2 aromatic rings. The molecular weight excluding hydrogens is 304 g/mol. The van der Waals surface area contributed by atoms with Gasteiger partial charge < -0.3 is 5.32 Å². The summed E-state index contributed by atoms with van der Waals surface area (Å²) in [5.41, 5.74) is 2.15. The molecule has 4 heteroatoms. The van der Waals surface area contributed by atoms with Crippen molar-refractivity contribution in [3.8, 4) is 0 Å². The Morgan fingerprint density at radius 1 is 1.26 bits per heavy atom. The summed E-state index contributed by atoms with van der Waals surface area (Å²) in [7, 11) is 0. The van der Waals surface area contributed by atoms with Crippen LogP contribution in [0, 0.1) is 5.92 Å². The first-order valence-electron chi connectivity index (χ1n) is 8.47. The molecule has 1 N–H and O–H groups in total. The third-order valence-corrected chi connectivity index (χ3v) is 5.49. The Kier molecular flexibility index (Phi) is 5.44. The molecule has 0 unspecified atom stereocenters. The average Bonchev–Trinajstić information content (AvgIpc) is 2.97. The lowest BCUT2D eigenvalue weighted by Gasteiger charge is -2.29. The van der Waals surface area contributed by atoms with Crippen LogP contribution in [0.2, 0.25) is 0 Å². The van der Waals surface area contributed by atoms with Crippen molar-refractivity contribution in [3.05, 3.63) is 52.0 Å². The predicted octanol–water partition coefficient (Wildman–Crippen LogP) is 3.97. The van der Waals surface area contributed by atoms with Gasteiger partial charge >= 0.3 is 0 Å². The maximum atomic E-state index is 12.2. The van der Waals surface area contributed by atoms with Gasteiger partial charge in [-0.15, -0.1) is 11.3 Å². The summed E-state index contributed by atoms with van der Waals surface area (Å²) in [6, 6.07) is 10.7. The standard InChI is InChI=1S/C19H24N2OS/c1-14-7-5-6-10-17(14)21-18(22)12-16-13-23-19(20-16)11-15-8-3-2-4-9-15/h2-4,8-9,13-14,17H,5-7,10-12H2,1H3,(H,21,22)/t14-,17-/m1/s1. The normalized spacial score (nSPS) is 21.1. The van der Waals surface area contributed by atoms with E-state index in [1.54, 1.807) is 11.3 Å². The molecule has 1 fully saturated rings. The highest BCUT2D eigenvalue weighted by molar-refractivity contribution is 7.09. The van der Waals surface area contributed by atoms with E-state index in [0.29, 0.717) is 18.4 Å². The molecule has 0 spiro atoms. The molecule has 0 bridgehead atoms. The molecule has 0 aliphatic heterocycles. The number of carbonyl (C=O) groups excluding carboxylic acids is 1. The van der Waals surface area contributed by atoms with Crippen molar-refractivity contribution in [1.82, 2.24) is 10.3 Å². The Bertz CT molecular complexity index is 638. The van der Waals surface area contributed by atoms with E-state index >= 15 is 0 Å². The van der Waals surface area contributed by atoms with E-state index in [4.69, 9.17) is 0 Å². The Morgan fingerprint density at radius 3 is 2.83 bits per heavy atom. The first-order chi connectivity index (χ1) is 11.2. The van der Waals surface area contributed by atoms with E-state index in [2.05, 4.69) is 29.4 Å². The van der Waals surface area contributed by atoms with E-state index in [1.807, 2.05) is 23.6 Å². The van der Waals surface area contributed by atoms with Crippen molar-refractivity contribution in [2.75, 3.05) is 0 Å². The van der Waals surface area contributed by atoms with Gasteiger partial charge in [-0.2, -0.15) is 0 Å². The first-order valence-corrected chi connectivity index (χ1v) is 9.35. The number of carbonyl (C=O) groups is 1. The molecule has 1 aliphatic rings. The number of amides is 1. The number of hydrogen-bond acceptors (Lipinski definition) is 3. The minimum atomic E-state index is 0.111. The number of hydrogen-bond donors (Lipinski definition) is 1. The number of rotatable bonds is 5. The van der Waals surface area contributed by atoms with Gasteiger partial charge in [0.05, 0.1) is 17.1 Å². The van der Waals surface area contributed by atoms with Crippen molar-refractivity contribution >= 4 is 17.2 Å². The van der Waals surface area contributed by atoms with Crippen molar-refractivity contribution in [3.63, 3.8) is 0 Å². The SMILES string of the molecule is C[C@@H]1CCCC[C@H]1NC(=O)Cc1csc(Cc2ccccc2)n1. The van der Waals surface area contributed by atoms with Gasteiger partial charge in [-0.05, 0) is 24.3 Å². The summed E-state index contributed by atoms with van der Waals surface area (Å²) in [4.78, 5) is 16.9. The van der Waals surface area contributed by atoms with Crippen LogP contribution in [-0.2, 0) is 17.6 Å². The van der Waals surface area contributed by atoms with Crippen LogP contribution >= 0.6 is 11.3 Å². The highest BCUT2D eigenvalue weighted by Crippen LogP contribution is 2.24. The van der Waals surface area contributed by atoms with Crippen LogP contribution < -0.4 is 5.32 Å². The Hall–Kier alpha value is -1.68. The molecule has 122 valence electrons. The lowest BCUT2D eigenvalue weighted by molar-refractivity contribution is -0.121. The summed E-state index contributed by atoms with van der Waals surface area (Å²) in [6.07, 6.45) is 6.10. The van der Waals surface area contributed by atoms with E-state index < -0.39 is 0 Å². The molecule has 1 aliphatic carbocycles. The van der Waals surface area contributed by atoms with Gasteiger partial charge in [0.25, 0.3) is 0 Å². The molecule has 1 amide bonds. The topological polar surface area (TPSA) is 42.0 Å². The maximum absolute atomic E-state index is 12.2. The number of thiazole rings is 1. The summed E-state index contributed by atoms with van der Waals surface area (Å²) < 4.78 is 0. The predicted molar refractivity (Wildman–Crippen MR) is 94.6 cm³/mol. The molecule has 2 atom stereocenters. The Morgan fingerprint density at radius 2 is 2.04 bits per heavy atom. The monoisotopic (exact) mass is 328 g/mol. The van der Waals surface area contributed by atoms with E-state index in [0.717, 1.165) is 23.5 Å². The fourth-order valence-electron chi connectivity index (χ4n) is 3.23. The van der Waals surface area contributed by atoms with Crippen LogP contribution in [0.25, 0.3) is 0 Å². The van der Waals surface area contributed by atoms with E-state index in [1.165, 1.54) is 24.8 Å². The summed E-state index contributed by atoms with van der Waals surface area (Å²) >= 11 is 1.64. The van der Waals surface area contributed by atoms with Gasteiger partial charge in [-0.25, -0.2) is 4.98 Å². The van der Waals surface area contributed by atoms with Crippen molar-refractivity contribution in [1.29, 1.82) is 0 Å². The molecule has 1 saturated carbocycles. The quantitative estimate of drug-likeness (QED) is 0.902. The van der Waals surface area contributed by atoms with Gasteiger partial charge in [-0.3, -0.25) is 4.79 Å². The zero-order valence-electron chi connectivity index (χ0n) is 13.6. The van der Waals surface area contributed by atoms with Gasteiger partial charge in [0, 0.05) is 17.8 Å². The number of nitrogens with zero attached hydrogens (tertiary/aromatic N) is 1. The molecule has 3 nitrogen and oxygen atoms in total. The van der Waals surface area contributed by atoms with Crippen LogP contribution in [0.15, 0.2) is 35.7 Å². The van der Waals surface area contributed by atoms with E-state index in [9.17, 15) is 4.79 Å². The number of nitrogens with one attached hydrogen (secondary N) is 1. The van der Waals surface area contributed by atoms with Crippen LogP contribution in [0.5, 0.6) is 0 Å². The summed E-state index contributed by atoms with van der Waals surface area (Å²) in [5, 5.41) is 6.29. The van der Waals surface area contributed by atoms with Crippen LogP contribution in [0.1, 0.15) is 48.9 Å². The number of benzene rings is 1. The van der Waals surface area contributed by atoms with Gasteiger partial charge in [0.2, 0.25) is 5.91 Å². The highest BCUT2D eigenvalue weighted by Gasteiger charge is 2.23. The Balaban J connectivity index is 1.53. The molecule has 23 heavy (non-hydrogen) atoms. The molecule has 1 heterocycles. The third-order valence-electron chi connectivity index (χ3n) is 4.60. The molecule has 1 aromatic carbocycles. The average molecular weight is 328 g/mol. The van der Waals surface area contributed by atoms with Crippen LogP contribution in [0.4, 0.5) is 0 Å². The summed E-state index contributed by atoms with van der Waals surface area (Å²) in [6.45, 7) is 2.24. The molecule has 3 rings (SSSR count). The highest BCUT2D eigenvalue weighted by atomic mass is 32.1. The van der Waals surface area contributed by atoms with Gasteiger partial charge in [0.15, 0.2) is 0 Å². The molecule has 0 saturated heterocycles. The second-order valence-corrected chi connectivity index (χ2v) is 7.45. The zero-order valence-corrected chi connectivity index (χ0v) is 14.4. The maximum Gasteiger partial charge on any atom is 0.226 e. The Labute approximate surface area is 142 Å². The minimum Gasteiger partial charge on any atom is -0.353 e. The zero-order chi connectivity index (χ0) is 16.1. The second kappa shape index (κ2) is 7.73.